The molecule has 0 aromatic heterocycles. The lowest BCUT2D eigenvalue weighted by Crippen LogP contribution is -2.19. The van der Waals surface area contributed by atoms with Gasteiger partial charge >= 0.3 is 5.97 Å². The van der Waals surface area contributed by atoms with Crippen molar-refractivity contribution < 1.29 is 9.53 Å². The van der Waals surface area contributed by atoms with E-state index in [2.05, 4.69) is 5.32 Å². The SMILES string of the molecule is CCNc1ccccc1C(=N)C(=O)OCC. The fraction of sp³-hybridized carbons (Fsp3) is 0.333. The van der Waals surface area contributed by atoms with Crippen LogP contribution >= 0.6 is 0 Å². The molecular formula is C12H16N2O2. The van der Waals surface area contributed by atoms with E-state index in [0.717, 1.165) is 12.2 Å². The highest BCUT2D eigenvalue weighted by Gasteiger charge is 2.15. The molecule has 4 heteroatoms. The van der Waals surface area contributed by atoms with Crippen LogP contribution in [0.4, 0.5) is 5.69 Å². The van der Waals surface area contributed by atoms with E-state index in [4.69, 9.17) is 10.1 Å². The van der Waals surface area contributed by atoms with Crippen LogP contribution in [0.2, 0.25) is 0 Å². The summed E-state index contributed by atoms with van der Waals surface area (Å²) in [6, 6.07) is 7.23. The molecule has 0 unspecified atom stereocenters. The smallest absolute Gasteiger partial charge is 0.356 e. The second-order valence-electron chi connectivity index (χ2n) is 3.17. The molecule has 4 nitrogen and oxygen atoms in total. The molecule has 1 rings (SSSR count). The Morgan fingerprint density at radius 1 is 1.38 bits per heavy atom. The zero-order chi connectivity index (χ0) is 12.0. The summed E-state index contributed by atoms with van der Waals surface area (Å²) in [7, 11) is 0. The van der Waals surface area contributed by atoms with Gasteiger partial charge in [0.25, 0.3) is 0 Å². The molecule has 1 aromatic carbocycles. The van der Waals surface area contributed by atoms with Gasteiger partial charge in [-0.3, -0.25) is 5.41 Å². The molecule has 16 heavy (non-hydrogen) atoms. The first-order valence-electron chi connectivity index (χ1n) is 5.29. The maximum atomic E-state index is 11.4. The number of benzene rings is 1. The lowest BCUT2D eigenvalue weighted by molar-refractivity contribution is -0.135. The summed E-state index contributed by atoms with van der Waals surface area (Å²) in [6.45, 7) is 4.71. The zero-order valence-electron chi connectivity index (χ0n) is 9.54. The van der Waals surface area contributed by atoms with E-state index in [1.807, 2.05) is 19.1 Å². The fourth-order valence-electron chi connectivity index (χ4n) is 1.36. The van der Waals surface area contributed by atoms with Crippen molar-refractivity contribution in [2.45, 2.75) is 13.8 Å². The van der Waals surface area contributed by atoms with Crippen molar-refractivity contribution in [2.75, 3.05) is 18.5 Å². The van der Waals surface area contributed by atoms with E-state index in [1.165, 1.54) is 0 Å². The van der Waals surface area contributed by atoms with Crippen LogP contribution < -0.4 is 5.32 Å². The molecule has 0 amide bonds. The largest absolute Gasteiger partial charge is 0.461 e. The summed E-state index contributed by atoms with van der Waals surface area (Å²) >= 11 is 0. The lowest BCUT2D eigenvalue weighted by Gasteiger charge is -2.10. The molecule has 0 aliphatic heterocycles. The first-order valence-corrected chi connectivity index (χ1v) is 5.29. The third kappa shape index (κ3) is 2.82. The van der Waals surface area contributed by atoms with Crippen LogP contribution in [-0.4, -0.2) is 24.8 Å². The van der Waals surface area contributed by atoms with E-state index >= 15 is 0 Å². The summed E-state index contributed by atoms with van der Waals surface area (Å²) < 4.78 is 4.80. The predicted molar refractivity (Wildman–Crippen MR) is 64.1 cm³/mol. The molecule has 0 fully saturated rings. The third-order valence-corrected chi connectivity index (χ3v) is 2.04. The van der Waals surface area contributed by atoms with Crippen molar-refractivity contribution in [1.29, 1.82) is 5.41 Å². The van der Waals surface area contributed by atoms with Crippen LogP contribution in [0.3, 0.4) is 0 Å². The van der Waals surface area contributed by atoms with E-state index in [9.17, 15) is 4.79 Å². The Kier molecular flexibility index (Phi) is 4.51. The Bertz CT molecular complexity index is 388. The molecule has 0 saturated carbocycles. The van der Waals surface area contributed by atoms with Crippen molar-refractivity contribution in [1.82, 2.24) is 0 Å². The van der Waals surface area contributed by atoms with Crippen molar-refractivity contribution in [3.8, 4) is 0 Å². The summed E-state index contributed by atoms with van der Waals surface area (Å²) in [5, 5.41) is 10.8. The zero-order valence-corrected chi connectivity index (χ0v) is 9.54. The Hall–Kier alpha value is -1.84. The van der Waals surface area contributed by atoms with Gasteiger partial charge in [0.2, 0.25) is 0 Å². The summed E-state index contributed by atoms with van der Waals surface area (Å²) in [5.41, 5.74) is 1.24. The Morgan fingerprint density at radius 2 is 2.06 bits per heavy atom. The fourth-order valence-corrected chi connectivity index (χ4v) is 1.36. The number of nitrogens with one attached hydrogen (secondary N) is 2. The van der Waals surface area contributed by atoms with E-state index in [0.29, 0.717) is 5.56 Å². The van der Waals surface area contributed by atoms with E-state index in [1.54, 1.807) is 19.1 Å². The minimum absolute atomic E-state index is 0.113. The maximum absolute atomic E-state index is 11.4. The van der Waals surface area contributed by atoms with Crippen LogP contribution in [0.1, 0.15) is 19.4 Å². The van der Waals surface area contributed by atoms with Gasteiger partial charge in [0.15, 0.2) is 0 Å². The predicted octanol–water partition coefficient (Wildman–Crippen LogP) is 2.05. The first-order chi connectivity index (χ1) is 7.70. The number of carbonyl (C=O) groups is 1. The van der Waals surface area contributed by atoms with Crippen LogP contribution in [0, 0.1) is 5.41 Å². The lowest BCUT2D eigenvalue weighted by atomic mass is 10.1. The molecule has 0 spiro atoms. The topological polar surface area (TPSA) is 62.2 Å². The number of rotatable bonds is 5. The van der Waals surface area contributed by atoms with Gasteiger partial charge in [0.1, 0.15) is 5.71 Å². The van der Waals surface area contributed by atoms with Crippen LogP contribution in [0.5, 0.6) is 0 Å². The summed E-state index contributed by atoms with van der Waals surface area (Å²) in [5.74, 6) is -0.590. The molecular weight excluding hydrogens is 204 g/mol. The molecule has 86 valence electrons. The second kappa shape index (κ2) is 5.90. The van der Waals surface area contributed by atoms with Gasteiger partial charge in [-0.25, -0.2) is 4.79 Å². The van der Waals surface area contributed by atoms with Crippen molar-refractivity contribution in [3.63, 3.8) is 0 Å². The molecule has 2 N–H and O–H groups in total. The van der Waals surface area contributed by atoms with Gasteiger partial charge in [-0.2, -0.15) is 0 Å². The average Bonchev–Trinajstić information content (AvgIpc) is 2.29. The maximum Gasteiger partial charge on any atom is 0.356 e. The van der Waals surface area contributed by atoms with E-state index < -0.39 is 5.97 Å². The second-order valence-corrected chi connectivity index (χ2v) is 3.17. The minimum Gasteiger partial charge on any atom is -0.461 e. The van der Waals surface area contributed by atoms with Crippen LogP contribution in [0.15, 0.2) is 24.3 Å². The number of hydrogen-bond acceptors (Lipinski definition) is 4. The Labute approximate surface area is 95.1 Å². The number of carbonyl (C=O) groups excluding carboxylic acids is 1. The highest BCUT2D eigenvalue weighted by molar-refractivity contribution is 6.43. The van der Waals surface area contributed by atoms with E-state index in [-0.39, 0.29) is 12.3 Å². The molecule has 0 saturated heterocycles. The van der Waals surface area contributed by atoms with Gasteiger partial charge in [0.05, 0.1) is 6.61 Å². The number of hydrogen-bond donors (Lipinski definition) is 2. The number of para-hydroxylation sites is 1. The van der Waals surface area contributed by atoms with Gasteiger partial charge < -0.3 is 10.1 Å². The molecule has 0 aliphatic carbocycles. The van der Waals surface area contributed by atoms with Crippen LogP contribution in [-0.2, 0) is 9.53 Å². The Balaban J connectivity index is 2.94. The van der Waals surface area contributed by atoms with Gasteiger partial charge in [-0.05, 0) is 19.9 Å². The normalized spacial score (nSPS) is 9.62. The molecule has 0 radical (unpaired) electrons. The summed E-state index contributed by atoms with van der Waals surface area (Å²) in [6.07, 6.45) is 0. The molecule has 0 atom stereocenters. The van der Waals surface area contributed by atoms with Crippen LogP contribution in [0.25, 0.3) is 0 Å². The molecule has 1 aromatic rings. The number of esters is 1. The third-order valence-electron chi connectivity index (χ3n) is 2.04. The van der Waals surface area contributed by atoms with Gasteiger partial charge in [-0.1, -0.05) is 18.2 Å². The highest BCUT2D eigenvalue weighted by atomic mass is 16.5. The molecule has 0 bridgehead atoms. The number of ether oxygens (including phenoxy) is 1. The van der Waals surface area contributed by atoms with Crippen molar-refractivity contribution in [2.24, 2.45) is 0 Å². The standard InChI is InChI=1S/C12H16N2O2/c1-3-14-10-8-6-5-7-9(10)11(13)12(15)16-4-2/h5-8,13-14H,3-4H2,1-2H3. The summed E-state index contributed by atoms with van der Waals surface area (Å²) in [4.78, 5) is 11.4. The van der Waals surface area contributed by atoms with Gasteiger partial charge in [-0.15, -0.1) is 0 Å². The van der Waals surface area contributed by atoms with Crippen molar-refractivity contribution >= 4 is 17.4 Å². The van der Waals surface area contributed by atoms with Crippen molar-refractivity contribution in [3.05, 3.63) is 29.8 Å². The van der Waals surface area contributed by atoms with Gasteiger partial charge in [0, 0.05) is 17.8 Å². The highest BCUT2D eigenvalue weighted by Crippen LogP contribution is 2.15. The number of anilines is 1. The minimum atomic E-state index is -0.590. The average molecular weight is 220 g/mol. The Morgan fingerprint density at radius 3 is 2.69 bits per heavy atom. The molecule has 0 heterocycles. The first kappa shape index (κ1) is 12.2. The monoisotopic (exact) mass is 220 g/mol. The molecule has 0 aliphatic rings. The quantitative estimate of drug-likeness (QED) is 0.589.